The van der Waals surface area contributed by atoms with Crippen molar-refractivity contribution in [3.8, 4) is 17.2 Å². The van der Waals surface area contributed by atoms with Crippen LogP contribution in [0.4, 0.5) is 5.69 Å². The van der Waals surface area contributed by atoms with Crippen molar-refractivity contribution in [3.63, 3.8) is 0 Å². The molecular formula is C22H24BrN3O5. The maximum atomic E-state index is 12.0. The number of amides is 2. The van der Waals surface area contributed by atoms with Crippen molar-refractivity contribution in [1.29, 1.82) is 0 Å². The molecule has 0 atom stereocenters. The Morgan fingerprint density at radius 1 is 1.10 bits per heavy atom. The van der Waals surface area contributed by atoms with Crippen molar-refractivity contribution >= 4 is 39.6 Å². The molecule has 2 rings (SSSR count). The lowest BCUT2D eigenvalue weighted by Crippen LogP contribution is -2.20. The van der Waals surface area contributed by atoms with E-state index in [2.05, 4.69) is 38.4 Å². The van der Waals surface area contributed by atoms with E-state index in [1.165, 1.54) is 13.3 Å². The summed E-state index contributed by atoms with van der Waals surface area (Å²) in [6.07, 6.45) is 3.14. The zero-order valence-corrected chi connectivity index (χ0v) is 18.9. The number of hydrogen-bond acceptors (Lipinski definition) is 6. The summed E-state index contributed by atoms with van der Waals surface area (Å²) in [5.41, 5.74) is 3.72. The fourth-order valence-corrected chi connectivity index (χ4v) is 3.03. The van der Waals surface area contributed by atoms with E-state index in [1.807, 2.05) is 0 Å². The summed E-state index contributed by atoms with van der Waals surface area (Å²) in [7, 11) is 3.10. The van der Waals surface area contributed by atoms with E-state index < -0.39 is 0 Å². The minimum absolute atomic E-state index is 0.000669. The third-order valence-corrected chi connectivity index (χ3v) is 4.54. The number of nitrogens with zero attached hydrogens (tertiary/aromatic N) is 1. The van der Waals surface area contributed by atoms with Crippen molar-refractivity contribution in [2.24, 2.45) is 5.10 Å². The van der Waals surface area contributed by atoms with Gasteiger partial charge in [-0.15, -0.1) is 0 Å². The van der Waals surface area contributed by atoms with Crippen LogP contribution in [0.2, 0.25) is 0 Å². The Labute approximate surface area is 189 Å². The number of anilines is 1. The van der Waals surface area contributed by atoms with Gasteiger partial charge in [0, 0.05) is 18.5 Å². The quantitative estimate of drug-likeness (QED) is 0.283. The Bertz CT molecular complexity index is 945. The van der Waals surface area contributed by atoms with Crippen LogP contribution >= 0.6 is 15.9 Å². The lowest BCUT2D eigenvalue weighted by molar-refractivity contribution is -0.124. The van der Waals surface area contributed by atoms with E-state index in [0.29, 0.717) is 39.6 Å². The Balaban J connectivity index is 1.84. The minimum Gasteiger partial charge on any atom is -0.497 e. The number of hydrogen-bond donors (Lipinski definition) is 2. The molecule has 0 radical (unpaired) electrons. The summed E-state index contributed by atoms with van der Waals surface area (Å²) >= 11 is 3.43. The Morgan fingerprint density at radius 3 is 2.45 bits per heavy atom. The van der Waals surface area contributed by atoms with Crippen LogP contribution < -0.4 is 25.0 Å². The molecule has 164 valence electrons. The lowest BCUT2D eigenvalue weighted by Gasteiger charge is -2.12. The first-order chi connectivity index (χ1) is 15.0. The lowest BCUT2D eigenvalue weighted by atomic mass is 10.2. The molecule has 0 fully saturated rings. The Morgan fingerprint density at radius 2 is 1.81 bits per heavy atom. The minimum atomic E-state index is -0.377. The molecule has 2 aromatic rings. The van der Waals surface area contributed by atoms with Gasteiger partial charge in [0.15, 0.2) is 11.5 Å². The molecule has 0 saturated carbocycles. The molecule has 2 N–H and O–H groups in total. The number of ether oxygens (including phenoxy) is 3. The maximum Gasteiger partial charge on any atom is 0.240 e. The van der Waals surface area contributed by atoms with Gasteiger partial charge in [-0.3, -0.25) is 9.59 Å². The van der Waals surface area contributed by atoms with Crippen LogP contribution in [-0.2, 0) is 9.59 Å². The monoisotopic (exact) mass is 489 g/mol. The van der Waals surface area contributed by atoms with Gasteiger partial charge in [0.05, 0.1) is 24.9 Å². The molecular weight excluding hydrogens is 466 g/mol. The predicted molar refractivity (Wildman–Crippen MR) is 123 cm³/mol. The van der Waals surface area contributed by atoms with Crippen LogP contribution in [0.15, 0.2) is 58.6 Å². The second-order valence-corrected chi connectivity index (χ2v) is 7.06. The normalized spacial score (nSPS) is 10.4. The molecule has 0 spiro atoms. The summed E-state index contributed by atoms with van der Waals surface area (Å²) in [5, 5.41) is 6.65. The number of carbonyl (C=O) groups is 2. The van der Waals surface area contributed by atoms with E-state index in [1.54, 1.807) is 49.6 Å². The molecule has 2 amide bonds. The third kappa shape index (κ3) is 7.78. The van der Waals surface area contributed by atoms with Crippen LogP contribution in [0.5, 0.6) is 17.2 Å². The SMILES string of the molecule is C=CCOc1c(Br)cc(C=NNC(=O)CCC(=O)Nc2ccc(OC)cc2)cc1OC. The standard InChI is InChI=1S/C22H24BrN3O5/c1-4-11-31-22-18(23)12-15(13-19(22)30-3)14-24-26-21(28)10-9-20(27)25-16-5-7-17(29-2)8-6-16/h4-8,12-14H,1,9-11H2,2-3H3,(H,25,27)(H,26,28). The zero-order chi connectivity index (χ0) is 22.6. The second kappa shape index (κ2) is 12.4. The van der Waals surface area contributed by atoms with Gasteiger partial charge in [-0.2, -0.15) is 5.10 Å². The number of rotatable bonds is 11. The van der Waals surface area contributed by atoms with Crippen LogP contribution in [0.3, 0.4) is 0 Å². The van der Waals surface area contributed by atoms with Gasteiger partial charge in [0.2, 0.25) is 11.8 Å². The number of benzene rings is 2. The fourth-order valence-electron chi connectivity index (χ4n) is 2.46. The smallest absolute Gasteiger partial charge is 0.240 e. The van der Waals surface area contributed by atoms with Crippen molar-refractivity contribution < 1.29 is 23.8 Å². The molecule has 2 aromatic carbocycles. The van der Waals surface area contributed by atoms with Gasteiger partial charge in [-0.25, -0.2) is 5.43 Å². The summed E-state index contributed by atoms with van der Waals surface area (Å²) < 4.78 is 16.6. The largest absolute Gasteiger partial charge is 0.497 e. The summed E-state index contributed by atoms with van der Waals surface area (Å²) in [6.45, 7) is 3.95. The number of carbonyl (C=O) groups excluding carboxylic acids is 2. The third-order valence-electron chi connectivity index (χ3n) is 3.95. The highest BCUT2D eigenvalue weighted by Gasteiger charge is 2.11. The highest BCUT2D eigenvalue weighted by atomic mass is 79.9. The first-order valence-electron chi connectivity index (χ1n) is 9.33. The summed E-state index contributed by atoms with van der Waals surface area (Å²) in [4.78, 5) is 23.9. The molecule has 31 heavy (non-hydrogen) atoms. The molecule has 8 nitrogen and oxygen atoms in total. The van der Waals surface area contributed by atoms with Crippen LogP contribution in [0, 0.1) is 0 Å². The number of methoxy groups -OCH3 is 2. The number of nitrogens with one attached hydrogen (secondary N) is 2. The van der Waals surface area contributed by atoms with E-state index in [9.17, 15) is 9.59 Å². The van der Waals surface area contributed by atoms with Crippen molar-refractivity contribution in [2.75, 3.05) is 26.1 Å². The molecule has 0 saturated heterocycles. The van der Waals surface area contributed by atoms with Gasteiger partial charge in [-0.05, 0) is 57.9 Å². The van der Waals surface area contributed by atoms with Crippen LogP contribution in [-0.4, -0.2) is 38.9 Å². The molecule has 9 heteroatoms. The topological polar surface area (TPSA) is 98.2 Å². The highest BCUT2D eigenvalue weighted by Crippen LogP contribution is 2.36. The fraction of sp³-hybridized carbons (Fsp3) is 0.227. The second-order valence-electron chi connectivity index (χ2n) is 6.20. The van der Waals surface area contributed by atoms with Crippen molar-refractivity contribution in [2.45, 2.75) is 12.8 Å². The molecule has 0 unspecified atom stereocenters. The number of halogens is 1. The summed E-state index contributed by atoms with van der Waals surface area (Å²) in [6, 6.07) is 10.4. The van der Waals surface area contributed by atoms with Gasteiger partial charge in [-0.1, -0.05) is 12.7 Å². The molecule has 0 aliphatic carbocycles. The average molecular weight is 490 g/mol. The van der Waals surface area contributed by atoms with Crippen LogP contribution in [0.25, 0.3) is 0 Å². The first kappa shape index (κ1) is 23.9. The Kier molecular flexibility index (Phi) is 9.57. The van der Waals surface area contributed by atoms with Gasteiger partial charge in [0.25, 0.3) is 0 Å². The molecule has 0 aliphatic rings. The van der Waals surface area contributed by atoms with E-state index in [4.69, 9.17) is 14.2 Å². The Hall–Kier alpha value is -3.33. The van der Waals surface area contributed by atoms with E-state index in [0.717, 1.165) is 0 Å². The van der Waals surface area contributed by atoms with Gasteiger partial charge in [0.1, 0.15) is 12.4 Å². The average Bonchev–Trinajstić information content (AvgIpc) is 2.77. The van der Waals surface area contributed by atoms with Crippen molar-refractivity contribution in [3.05, 3.63) is 59.1 Å². The zero-order valence-electron chi connectivity index (χ0n) is 17.3. The molecule has 0 heterocycles. The maximum absolute atomic E-state index is 12.0. The highest BCUT2D eigenvalue weighted by molar-refractivity contribution is 9.10. The molecule has 0 aromatic heterocycles. The van der Waals surface area contributed by atoms with E-state index in [-0.39, 0.29) is 24.7 Å². The molecule has 0 bridgehead atoms. The van der Waals surface area contributed by atoms with Crippen molar-refractivity contribution in [1.82, 2.24) is 5.43 Å². The van der Waals surface area contributed by atoms with Gasteiger partial charge < -0.3 is 19.5 Å². The first-order valence-corrected chi connectivity index (χ1v) is 10.1. The number of hydrazone groups is 1. The summed E-state index contributed by atoms with van der Waals surface area (Å²) in [5.74, 6) is 1.11. The van der Waals surface area contributed by atoms with E-state index >= 15 is 0 Å². The predicted octanol–water partition coefficient (Wildman–Crippen LogP) is 3.90. The van der Waals surface area contributed by atoms with Gasteiger partial charge >= 0.3 is 0 Å². The molecule has 0 aliphatic heterocycles. The van der Waals surface area contributed by atoms with Crippen LogP contribution in [0.1, 0.15) is 18.4 Å².